The van der Waals surface area contributed by atoms with Gasteiger partial charge in [0.05, 0.1) is 0 Å². The summed E-state index contributed by atoms with van der Waals surface area (Å²) in [6, 6.07) is 0. The van der Waals surface area contributed by atoms with Crippen LogP contribution in [-0.2, 0) is 0 Å². The van der Waals surface area contributed by atoms with Crippen molar-refractivity contribution < 1.29 is 35.8 Å². The van der Waals surface area contributed by atoms with Gasteiger partial charge >= 0.3 is 75.5 Å². The molecule has 6 heavy (non-hydrogen) atoms. The summed E-state index contributed by atoms with van der Waals surface area (Å²) in [6.07, 6.45) is 0. The molecular weight excluding hydrogens is 183 g/mol. The maximum atomic E-state index is 0. The van der Waals surface area contributed by atoms with Gasteiger partial charge in [0.15, 0.2) is 0 Å². The zero-order valence-electron chi connectivity index (χ0n) is 3.17. The van der Waals surface area contributed by atoms with Crippen LogP contribution in [0.2, 0.25) is 0 Å². The second kappa shape index (κ2) is 43.3. The van der Waals surface area contributed by atoms with Gasteiger partial charge in [0.25, 0.3) is 0 Å². The summed E-state index contributed by atoms with van der Waals surface area (Å²) in [6.45, 7) is 0. The second-order valence-corrected chi connectivity index (χ2v) is 0. The van der Waals surface area contributed by atoms with E-state index in [1.54, 1.807) is 0 Å². The van der Waals surface area contributed by atoms with E-state index in [4.69, 9.17) is 0 Å². The van der Waals surface area contributed by atoms with Gasteiger partial charge in [-0.05, 0) is 0 Å². The Morgan fingerprint density at radius 3 is 0.500 bits per heavy atom. The van der Waals surface area contributed by atoms with E-state index < -0.39 is 0 Å². The Morgan fingerprint density at radius 1 is 0.500 bits per heavy atom. The van der Waals surface area contributed by atoms with E-state index in [1.165, 1.54) is 0 Å². The molecule has 0 unspecified atom stereocenters. The van der Waals surface area contributed by atoms with Crippen molar-refractivity contribution >= 4 is 75.5 Å². The molecule has 0 aromatic heterocycles. The molecule has 0 heterocycles. The number of rotatable bonds is 0. The molecule has 4 N–H and O–H groups in total. The Kier molecular flexibility index (Phi) is 460. The Bertz CT molecular complexity index is 9.51. The van der Waals surface area contributed by atoms with Gasteiger partial charge in [-0.1, -0.05) is 0 Å². The summed E-state index contributed by atoms with van der Waals surface area (Å²) in [7, 11) is 0. The minimum absolute atomic E-state index is 0. The average molecular weight is 187 g/mol. The van der Waals surface area contributed by atoms with Crippen LogP contribution in [-0.4, -0.2) is 86.4 Å². The van der Waals surface area contributed by atoms with Crippen LogP contribution >= 0.6 is 0 Å². The second-order valence-electron chi connectivity index (χ2n) is 0. The fourth-order valence-electron chi connectivity index (χ4n) is 0. The Morgan fingerprint density at radius 2 is 0.500 bits per heavy atom. The van der Waals surface area contributed by atoms with Crippen molar-refractivity contribution in [2.24, 2.45) is 0 Å². The van der Waals surface area contributed by atoms with Gasteiger partial charge in [0.1, 0.15) is 0 Å². The maximum absolute atomic E-state index is 0. The first-order chi connectivity index (χ1) is 0. The quantitative estimate of drug-likeness (QED) is 0.338. The Labute approximate surface area is 109 Å². The molecule has 0 fully saturated rings. The molecule has 0 aromatic carbocycles. The van der Waals surface area contributed by atoms with Crippen molar-refractivity contribution in [3.8, 4) is 0 Å². The normalized spacial score (nSPS) is 0. The van der Waals surface area contributed by atoms with Gasteiger partial charge in [-0.25, -0.2) is 0 Å². The summed E-state index contributed by atoms with van der Waals surface area (Å²) >= 11 is 0. The molecule has 0 aliphatic heterocycles. The first kappa shape index (κ1) is 63.6. The van der Waals surface area contributed by atoms with Gasteiger partial charge in [-0.3, -0.25) is 0 Å². The molecule has 0 saturated carbocycles. The van der Waals surface area contributed by atoms with Gasteiger partial charge in [-0.15, -0.1) is 0 Å². The van der Waals surface area contributed by atoms with Gasteiger partial charge in [-0.2, -0.15) is 0 Å². The summed E-state index contributed by atoms with van der Waals surface area (Å²) in [4.78, 5) is 0. The topological polar surface area (TPSA) is 63.0 Å². The summed E-state index contributed by atoms with van der Waals surface area (Å²) < 4.78 is 0. The van der Waals surface area contributed by atoms with Crippen LogP contribution in [0.4, 0.5) is 0 Å². The van der Waals surface area contributed by atoms with Gasteiger partial charge in [0, 0.05) is 0 Å². The Balaban J connectivity index is 0. The van der Waals surface area contributed by atoms with Crippen LogP contribution < -0.4 is 24.8 Å². The maximum Gasteiger partial charge on any atom is 2.00 e. The largest absolute Gasteiger partial charge is 2.00 e. The molecule has 32 valence electrons. The van der Waals surface area contributed by atoms with Crippen LogP contribution in [0.25, 0.3) is 0 Å². The van der Waals surface area contributed by atoms with Gasteiger partial charge < -0.3 is 35.8 Å². The zero-order valence-corrected chi connectivity index (χ0v) is 9.10. The molecule has 0 saturated heterocycles. The fourth-order valence-corrected chi connectivity index (χ4v) is 0. The predicted octanol–water partition coefficient (Wildman–Crippen LogP) is -8.40. The van der Waals surface area contributed by atoms with Crippen molar-refractivity contribution in [1.82, 2.24) is 0 Å². The van der Waals surface area contributed by atoms with Crippen LogP contribution in [0.15, 0.2) is 0 Å². The van der Waals surface area contributed by atoms with E-state index in [1.807, 2.05) is 0 Å². The molecule has 0 spiro atoms. The first-order valence-corrected chi connectivity index (χ1v) is 0. The minimum atomic E-state index is 0. The molecule has 0 aromatic rings. The number of halogens is 2. The first-order valence-electron chi connectivity index (χ1n) is 0. The smallest absolute Gasteiger partial charge is 1.00 e. The molecule has 0 atom stereocenters. The zero-order chi connectivity index (χ0) is 0. The molecule has 0 rings (SSSR count). The van der Waals surface area contributed by atoms with E-state index in [0.29, 0.717) is 0 Å². The summed E-state index contributed by atoms with van der Waals surface area (Å²) in [5, 5.41) is 0. The van der Waals surface area contributed by atoms with Crippen LogP contribution in [0.5, 0.6) is 0 Å². The molecule has 6 heteroatoms. The monoisotopic (exact) mass is 186 g/mol. The fraction of sp³-hybridized carbons (Fsp3) is 0. The Hall–Kier alpha value is 3.02. The van der Waals surface area contributed by atoms with Crippen molar-refractivity contribution in [3.05, 3.63) is 0 Å². The standard InChI is InChI=1S/2Ca.2ClH.2H2O/h;;2*1H;2*1H2/q2*+2;;;;/p-2. The third-order valence-corrected chi connectivity index (χ3v) is 0. The van der Waals surface area contributed by atoms with E-state index >= 15 is 0 Å². The van der Waals surface area contributed by atoms with Gasteiger partial charge in [0.2, 0.25) is 0 Å². The summed E-state index contributed by atoms with van der Waals surface area (Å²) in [5.41, 5.74) is 0. The van der Waals surface area contributed by atoms with E-state index in [-0.39, 0.29) is 111 Å². The number of hydrogen-bond donors (Lipinski definition) is 0. The third kappa shape index (κ3) is 27.9. The van der Waals surface area contributed by atoms with Crippen molar-refractivity contribution in [1.29, 1.82) is 0 Å². The average Bonchev–Trinajstić information content (AvgIpc) is 0. The molecule has 0 amide bonds. The van der Waals surface area contributed by atoms with Crippen LogP contribution in [0.1, 0.15) is 0 Å². The summed E-state index contributed by atoms with van der Waals surface area (Å²) in [5.74, 6) is 0. The molecule has 0 aliphatic rings. The number of hydrogen-bond acceptors (Lipinski definition) is 0. The van der Waals surface area contributed by atoms with Crippen molar-refractivity contribution in [2.45, 2.75) is 0 Å². The molecular formula is H4Ca2Cl2O2+2. The van der Waals surface area contributed by atoms with Crippen molar-refractivity contribution in [3.63, 3.8) is 0 Å². The van der Waals surface area contributed by atoms with E-state index in [9.17, 15) is 0 Å². The van der Waals surface area contributed by atoms with E-state index in [0.717, 1.165) is 0 Å². The SMILES string of the molecule is O.O.[Ca+2].[Ca+2].[Cl-].[Cl-]. The molecule has 0 aliphatic carbocycles. The third-order valence-electron chi connectivity index (χ3n) is 0. The molecule has 2 nitrogen and oxygen atoms in total. The minimum Gasteiger partial charge on any atom is -1.00 e. The predicted molar refractivity (Wildman–Crippen MR) is 18.7 cm³/mol. The van der Waals surface area contributed by atoms with Crippen molar-refractivity contribution in [2.75, 3.05) is 0 Å². The van der Waals surface area contributed by atoms with Crippen LogP contribution in [0, 0.1) is 0 Å². The molecule has 0 bridgehead atoms. The van der Waals surface area contributed by atoms with E-state index in [2.05, 4.69) is 0 Å². The van der Waals surface area contributed by atoms with Crippen LogP contribution in [0.3, 0.4) is 0 Å². The molecule has 0 radical (unpaired) electrons.